The van der Waals surface area contributed by atoms with Gasteiger partial charge in [-0.05, 0) is 13.3 Å². The minimum absolute atomic E-state index is 0. The van der Waals surface area contributed by atoms with Crippen molar-refractivity contribution in [2.45, 2.75) is 5.25 Å². The monoisotopic (exact) mass is 388 g/mol. The van der Waals surface area contributed by atoms with Crippen molar-refractivity contribution in [3.8, 4) is 0 Å². The average molecular weight is 390 g/mol. The van der Waals surface area contributed by atoms with Gasteiger partial charge in [0.05, 0.1) is 0 Å². The Bertz CT molecular complexity index is 671. The molecule has 1 unspecified atom stereocenters. The van der Waals surface area contributed by atoms with Gasteiger partial charge in [0, 0.05) is 5.25 Å². The van der Waals surface area contributed by atoms with Gasteiger partial charge in [0.25, 0.3) is 0 Å². The molecule has 3 heteroatoms. The third-order valence-electron chi connectivity index (χ3n) is 3.43. The van der Waals surface area contributed by atoms with Gasteiger partial charge < -0.3 is 2.85 Å². The van der Waals surface area contributed by atoms with Gasteiger partial charge in [0.2, 0.25) is 0 Å². The van der Waals surface area contributed by atoms with Crippen molar-refractivity contribution in [2.24, 2.45) is 0 Å². The Morgan fingerprint density at radius 2 is 2.10 bits per heavy atom. The van der Waals surface area contributed by atoms with Crippen molar-refractivity contribution in [3.05, 3.63) is 71.7 Å². The smallest absolute Gasteiger partial charge is 1.00 e. The molecule has 0 aromatic heterocycles. The SMILES string of the molecule is CP(C)c1cc2ccccc2[cH-]1.[C-]1=CSC2C=CC=C12.[H-].[H-].[Zr+4]. The van der Waals surface area contributed by atoms with Crippen molar-refractivity contribution in [1.82, 2.24) is 0 Å². The Hall–Kier alpha value is -0.287. The first-order chi connectivity index (χ1) is 9.74. The summed E-state index contributed by atoms with van der Waals surface area (Å²) in [5.74, 6) is 0. The zero-order chi connectivity index (χ0) is 13.9. The molecule has 21 heavy (non-hydrogen) atoms. The number of fused-ring (bicyclic) bond motifs is 2. The summed E-state index contributed by atoms with van der Waals surface area (Å²) in [6.07, 6.45) is 9.55. The van der Waals surface area contributed by atoms with Crippen LogP contribution in [0.1, 0.15) is 2.85 Å². The Labute approximate surface area is 154 Å². The summed E-state index contributed by atoms with van der Waals surface area (Å²) in [5, 5.41) is 6.90. The van der Waals surface area contributed by atoms with Crippen molar-refractivity contribution in [3.63, 3.8) is 0 Å². The second-order valence-corrected chi connectivity index (χ2v) is 8.38. The number of hydrogen-bond acceptors (Lipinski definition) is 1. The molecule has 1 atom stereocenters. The van der Waals surface area contributed by atoms with Crippen LogP contribution in [0.5, 0.6) is 0 Å². The largest absolute Gasteiger partial charge is 4.00 e. The summed E-state index contributed by atoms with van der Waals surface area (Å²) >= 11 is 1.82. The van der Waals surface area contributed by atoms with E-state index in [1.54, 1.807) is 0 Å². The molecule has 2 aliphatic rings. The third-order valence-corrected chi connectivity index (χ3v) is 5.68. The Kier molecular flexibility index (Phi) is 6.36. The van der Waals surface area contributed by atoms with Gasteiger partial charge in [-0.25, -0.2) is 17.7 Å². The van der Waals surface area contributed by atoms with Crippen molar-refractivity contribution in [2.75, 3.05) is 13.3 Å². The first-order valence-electron chi connectivity index (χ1n) is 6.69. The maximum atomic E-state index is 3.16. The summed E-state index contributed by atoms with van der Waals surface area (Å²) < 4.78 is 0. The van der Waals surface area contributed by atoms with Crippen LogP contribution in [0.2, 0.25) is 0 Å². The molecule has 0 amide bonds. The minimum Gasteiger partial charge on any atom is -1.00 e. The number of benzene rings is 1. The maximum Gasteiger partial charge on any atom is 4.00 e. The van der Waals surface area contributed by atoms with Crippen molar-refractivity contribution >= 4 is 35.8 Å². The topological polar surface area (TPSA) is 0 Å². The van der Waals surface area contributed by atoms with Gasteiger partial charge in [-0.15, -0.1) is 71.5 Å². The Morgan fingerprint density at radius 1 is 1.29 bits per heavy atom. The molecule has 0 radical (unpaired) electrons. The fraction of sp³-hybridized carbons (Fsp3) is 0.167. The van der Waals surface area contributed by atoms with Gasteiger partial charge >= 0.3 is 26.2 Å². The molecule has 1 aliphatic carbocycles. The number of thioether (sulfide) groups is 1. The van der Waals surface area contributed by atoms with Crippen LogP contribution in [0.4, 0.5) is 0 Å². The van der Waals surface area contributed by atoms with E-state index in [1.165, 1.54) is 21.7 Å². The van der Waals surface area contributed by atoms with Gasteiger partial charge in [0.15, 0.2) is 0 Å². The Morgan fingerprint density at radius 3 is 2.81 bits per heavy atom. The second kappa shape index (κ2) is 7.82. The molecule has 0 nitrogen and oxygen atoms in total. The van der Waals surface area contributed by atoms with E-state index in [1.807, 2.05) is 17.2 Å². The fourth-order valence-electron chi connectivity index (χ4n) is 2.28. The van der Waals surface area contributed by atoms with E-state index in [-0.39, 0.29) is 37.0 Å². The fourth-order valence-corrected chi connectivity index (χ4v) is 3.90. The van der Waals surface area contributed by atoms with E-state index in [0.29, 0.717) is 5.25 Å². The quantitative estimate of drug-likeness (QED) is 0.485. The first kappa shape index (κ1) is 17.1. The summed E-state index contributed by atoms with van der Waals surface area (Å²) in [4.78, 5) is 0. The first-order valence-corrected chi connectivity index (χ1v) is 9.87. The molecule has 0 saturated carbocycles. The zero-order valence-electron chi connectivity index (χ0n) is 14.2. The van der Waals surface area contributed by atoms with E-state index in [0.717, 1.165) is 0 Å². The van der Waals surface area contributed by atoms with E-state index < -0.39 is 0 Å². The second-order valence-electron chi connectivity index (χ2n) is 5.06. The molecule has 0 saturated heterocycles. The molecule has 0 spiro atoms. The van der Waals surface area contributed by atoms with Crippen LogP contribution in [-0.4, -0.2) is 18.6 Å². The van der Waals surface area contributed by atoms with Gasteiger partial charge in [0.1, 0.15) is 0 Å². The molecule has 2 aromatic carbocycles. The molecular weight excluding hydrogens is 370 g/mol. The van der Waals surface area contributed by atoms with E-state index in [2.05, 4.69) is 74.0 Å². The minimum atomic E-state index is 0. The molecule has 2 aromatic rings. The molecule has 0 bridgehead atoms. The molecule has 0 fully saturated rings. The predicted molar refractivity (Wildman–Crippen MR) is 96.6 cm³/mol. The van der Waals surface area contributed by atoms with E-state index in [9.17, 15) is 0 Å². The number of allylic oxidation sites excluding steroid dienone is 3. The van der Waals surface area contributed by atoms with Crippen molar-refractivity contribution in [1.29, 1.82) is 0 Å². The summed E-state index contributed by atoms with van der Waals surface area (Å²) in [6, 6.07) is 13.2. The summed E-state index contributed by atoms with van der Waals surface area (Å²) in [5.41, 5.74) is 1.33. The van der Waals surface area contributed by atoms with Crippen LogP contribution in [0.3, 0.4) is 0 Å². The van der Waals surface area contributed by atoms with Gasteiger partial charge in [-0.3, -0.25) is 0 Å². The van der Waals surface area contributed by atoms with Crippen molar-refractivity contribution < 1.29 is 29.1 Å². The zero-order valence-corrected chi connectivity index (χ0v) is 16.4. The van der Waals surface area contributed by atoms with Crippen LogP contribution in [0.15, 0.2) is 65.6 Å². The molecule has 1 heterocycles. The summed E-state index contributed by atoms with van der Waals surface area (Å²) in [7, 11) is 0.0576. The van der Waals surface area contributed by atoms with Gasteiger partial charge in [-0.1, -0.05) is 12.1 Å². The molecule has 106 valence electrons. The van der Waals surface area contributed by atoms with Crippen LogP contribution in [0, 0.1) is 6.08 Å². The maximum absolute atomic E-state index is 3.16. The Balaban J connectivity index is 0.000000392. The summed E-state index contributed by atoms with van der Waals surface area (Å²) in [6.45, 7) is 4.59. The average Bonchev–Trinajstić information content (AvgIpc) is 3.14. The van der Waals surface area contributed by atoms with Crippen LogP contribution in [0.25, 0.3) is 10.8 Å². The van der Waals surface area contributed by atoms with Crippen LogP contribution in [-0.2, 0) is 26.2 Å². The van der Waals surface area contributed by atoms with E-state index in [4.69, 9.17) is 0 Å². The standard InChI is InChI=1S/C11H12P.C7H5S.Zr.2H/c1-12(2)11-7-9-5-3-4-6-10(9)8-11;1-2-6-4-5-8-7(6)3-1;;;/h3-8H,1-2H3;1-3,5,7H;;;/q2*-1;+4;2*-1. The third kappa shape index (κ3) is 4.13. The number of rotatable bonds is 1. The molecule has 4 rings (SSSR count). The van der Waals surface area contributed by atoms with Gasteiger partial charge in [-0.2, -0.15) is 6.07 Å². The van der Waals surface area contributed by atoms with Crippen LogP contribution >= 0.6 is 19.7 Å². The van der Waals surface area contributed by atoms with E-state index >= 15 is 0 Å². The predicted octanol–water partition coefficient (Wildman–Crippen LogP) is 5.06. The normalized spacial score (nSPS) is 18.2. The molecule has 1 aliphatic heterocycles. The molecular formula is C18H19PSZr. The molecule has 0 N–H and O–H groups in total. The van der Waals surface area contributed by atoms with Crippen LogP contribution < -0.4 is 5.30 Å². The number of hydrogen-bond donors (Lipinski definition) is 0.